The van der Waals surface area contributed by atoms with Gasteiger partial charge >= 0.3 is 8.56 Å². The van der Waals surface area contributed by atoms with Gasteiger partial charge in [0.15, 0.2) is 0 Å². The standard InChI is InChI=1S/C12H24N6O6S2Si/c1-3-23-27(24-4-2,10-6-5-9-26(21,22)18-17-14)11-7-8-12(15-16-13)25(19)20/h3-11H2,1-2H3. The minimum atomic E-state index is -3.79. The Balaban J connectivity index is 4.96. The monoisotopic (exact) mass is 440 g/mol. The summed E-state index contributed by atoms with van der Waals surface area (Å²) < 4.78 is 59.3. The Morgan fingerprint density at radius 1 is 1.04 bits per heavy atom. The normalized spacial score (nSPS) is 11.3. The van der Waals surface area contributed by atoms with Crippen molar-refractivity contribution >= 4 is 33.9 Å². The third-order valence-corrected chi connectivity index (χ3v) is 9.14. The highest BCUT2D eigenvalue weighted by Gasteiger charge is 2.36. The summed E-state index contributed by atoms with van der Waals surface area (Å²) in [6, 6.07) is 0.983. The molecule has 0 saturated carbocycles. The molecule has 0 radical (unpaired) electrons. The summed E-state index contributed by atoms with van der Waals surface area (Å²) in [6.07, 6.45) is 1.25. The quantitative estimate of drug-likeness (QED) is 0.0997. The average Bonchev–Trinajstić information content (AvgIpc) is 2.58. The van der Waals surface area contributed by atoms with Crippen LogP contribution in [0.4, 0.5) is 0 Å². The number of azide groups is 2. The molecule has 0 saturated heterocycles. The summed E-state index contributed by atoms with van der Waals surface area (Å²) in [5, 5.41) is 3.17. The maximum Gasteiger partial charge on any atom is 0.338 e. The molecule has 0 spiro atoms. The van der Waals surface area contributed by atoms with Crippen molar-refractivity contribution < 1.29 is 25.7 Å². The average molecular weight is 441 g/mol. The van der Waals surface area contributed by atoms with E-state index in [-0.39, 0.29) is 23.6 Å². The summed E-state index contributed by atoms with van der Waals surface area (Å²) in [6.45, 7) is 4.45. The third kappa shape index (κ3) is 11.0. The Morgan fingerprint density at radius 2 is 1.63 bits per heavy atom. The minimum Gasteiger partial charge on any atom is -0.394 e. The van der Waals surface area contributed by atoms with Crippen LogP contribution in [0.3, 0.4) is 0 Å². The Labute approximate surface area is 160 Å². The van der Waals surface area contributed by atoms with Crippen LogP contribution in [0.2, 0.25) is 12.1 Å². The van der Waals surface area contributed by atoms with Crippen LogP contribution in [-0.4, -0.2) is 49.4 Å². The zero-order valence-corrected chi connectivity index (χ0v) is 17.9. The molecule has 0 aliphatic rings. The molecule has 27 heavy (non-hydrogen) atoms. The summed E-state index contributed by atoms with van der Waals surface area (Å²) >= 11 is 0. The fourth-order valence-corrected chi connectivity index (χ4v) is 7.13. The number of nitrogens with zero attached hydrogens (tertiary/aromatic N) is 6. The first kappa shape index (κ1) is 25.4. The van der Waals surface area contributed by atoms with Gasteiger partial charge in [0.05, 0.1) is 5.75 Å². The van der Waals surface area contributed by atoms with E-state index in [0.29, 0.717) is 38.1 Å². The smallest absolute Gasteiger partial charge is 0.338 e. The van der Waals surface area contributed by atoms with Gasteiger partial charge in [-0.25, -0.2) is 8.42 Å². The lowest BCUT2D eigenvalue weighted by molar-refractivity contribution is 0.181. The van der Waals surface area contributed by atoms with E-state index in [9.17, 15) is 16.8 Å². The van der Waals surface area contributed by atoms with Gasteiger partial charge in [0.2, 0.25) is 20.3 Å². The fraction of sp³-hybridized carbons (Fsp3) is 0.917. The van der Waals surface area contributed by atoms with E-state index in [1.54, 1.807) is 0 Å². The summed E-state index contributed by atoms with van der Waals surface area (Å²) in [4.78, 5) is 4.52. The predicted molar refractivity (Wildman–Crippen MR) is 103 cm³/mol. The molecule has 0 rings (SSSR count). The predicted octanol–water partition coefficient (Wildman–Crippen LogP) is 3.02. The Morgan fingerprint density at radius 3 is 2.11 bits per heavy atom. The van der Waals surface area contributed by atoms with Crippen LogP contribution >= 0.6 is 0 Å². The molecule has 0 aromatic rings. The van der Waals surface area contributed by atoms with Crippen LogP contribution in [0.1, 0.15) is 39.5 Å². The summed E-state index contributed by atoms with van der Waals surface area (Å²) in [7, 11) is -9.06. The van der Waals surface area contributed by atoms with Gasteiger partial charge in [-0.3, -0.25) is 0 Å². The van der Waals surface area contributed by atoms with E-state index in [0.717, 1.165) is 0 Å². The Hall–Kier alpha value is -1.60. The van der Waals surface area contributed by atoms with Crippen LogP contribution in [0.15, 0.2) is 9.63 Å². The van der Waals surface area contributed by atoms with Gasteiger partial charge in [-0.05, 0) is 61.4 Å². The second-order valence-electron chi connectivity index (χ2n) is 5.36. The zero-order valence-electron chi connectivity index (χ0n) is 15.3. The molecule has 0 aliphatic heterocycles. The summed E-state index contributed by atoms with van der Waals surface area (Å²) in [5.74, 6) is -0.260. The molecule has 154 valence electrons. The van der Waals surface area contributed by atoms with Gasteiger partial charge in [-0.2, -0.15) is 8.42 Å². The van der Waals surface area contributed by atoms with Gasteiger partial charge in [0.1, 0.15) is 4.99 Å². The largest absolute Gasteiger partial charge is 0.394 e. The van der Waals surface area contributed by atoms with E-state index >= 15 is 0 Å². The van der Waals surface area contributed by atoms with Crippen molar-refractivity contribution in [2.24, 2.45) is 9.63 Å². The molecule has 0 atom stereocenters. The fourth-order valence-electron chi connectivity index (χ4n) is 2.48. The van der Waals surface area contributed by atoms with Crippen LogP contribution in [0.25, 0.3) is 20.9 Å². The molecular formula is C12H24N6O6S2Si. The minimum absolute atomic E-state index is 0.0698. The first-order valence-electron chi connectivity index (χ1n) is 8.33. The van der Waals surface area contributed by atoms with Crippen molar-refractivity contribution in [3.8, 4) is 0 Å². The third-order valence-electron chi connectivity index (χ3n) is 3.48. The molecule has 12 nitrogen and oxygen atoms in total. The molecule has 0 heterocycles. The van der Waals surface area contributed by atoms with Crippen molar-refractivity contribution in [3.05, 3.63) is 20.9 Å². The van der Waals surface area contributed by atoms with E-state index in [1.165, 1.54) is 0 Å². The Kier molecular flexibility index (Phi) is 12.7. The molecule has 0 aromatic heterocycles. The van der Waals surface area contributed by atoms with Crippen LogP contribution in [0.5, 0.6) is 0 Å². The lowest BCUT2D eigenvalue weighted by Crippen LogP contribution is -2.42. The second-order valence-corrected chi connectivity index (χ2v) is 11.4. The van der Waals surface area contributed by atoms with Crippen molar-refractivity contribution in [1.82, 2.24) is 0 Å². The molecular weight excluding hydrogens is 416 g/mol. The summed E-state index contributed by atoms with van der Waals surface area (Å²) in [5.41, 5.74) is 16.6. The van der Waals surface area contributed by atoms with Gasteiger partial charge in [0.25, 0.3) is 0 Å². The highest BCUT2D eigenvalue weighted by Crippen LogP contribution is 2.25. The molecule has 0 N–H and O–H groups in total. The highest BCUT2D eigenvalue weighted by atomic mass is 32.2. The van der Waals surface area contributed by atoms with Crippen molar-refractivity contribution in [2.75, 3.05) is 19.0 Å². The number of sulfonamides is 1. The molecule has 0 amide bonds. The van der Waals surface area contributed by atoms with Gasteiger partial charge < -0.3 is 8.85 Å². The van der Waals surface area contributed by atoms with Gasteiger partial charge in [0, 0.05) is 27.6 Å². The molecule has 0 bridgehead atoms. The topological polar surface area (TPSA) is 184 Å². The highest BCUT2D eigenvalue weighted by molar-refractivity contribution is 7.89. The maximum atomic E-state index is 11.4. The van der Waals surface area contributed by atoms with Crippen LogP contribution in [-0.2, 0) is 29.2 Å². The van der Waals surface area contributed by atoms with Crippen molar-refractivity contribution in [3.63, 3.8) is 0 Å². The zero-order chi connectivity index (χ0) is 20.8. The molecule has 0 fully saturated rings. The molecule has 0 unspecified atom stereocenters. The molecule has 0 aromatic carbocycles. The van der Waals surface area contributed by atoms with Crippen molar-refractivity contribution in [2.45, 2.75) is 51.6 Å². The van der Waals surface area contributed by atoms with E-state index in [1.807, 2.05) is 13.8 Å². The first-order valence-corrected chi connectivity index (χ1v) is 13.2. The Bertz CT molecular complexity index is 788. The SMILES string of the molecule is CCO[Si](CCCCS(=O)(=O)N=[N+]=[N-])(CCCC(N=[N+]=[N-])=S(=O)=O)OCC. The number of rotatable bonds is 14. The lowest BCUT2D eigenvalue weighted by Gasteiger charge is -2.30. The van der Waals surface area contributed by atoms with E-state index in [4.69, 9.17) is 19.9 Å². The number of hydrogen-bond acceptors (Lipinski definition) is 6. The van der Waals surface area contributed by atoms with Crippen LogP contribution in [0, 0.1) is 0 Å². The lowest BCUT2D eigenvalue weighted by atomic mass is 10.3. The second kappa shape index (κ2) is 13.5. The van der Waals surface area contributed by atoms with Gasteiger partial charge in [-0.15, -0.1) is 0 Å². The number of hydrogen-bond donors (Lipinski definition) is 0. The van der Waals surface area contributed by atoms with E-state index in [2.05, 4.69) is 19.5 Å². The number of unbranched alkanes of at least 4 members (excludes halogenated alkanes) is 1. The van der Waals surface area contributed by atoms with Gasteiger partial charge in [-0.1, -0.05) is 6.42 Å². The van der Waals surface area contributed by atoms with Crippen molar-refractivity contribution in [1.29, 1.82) is 0 Å². The molecule has 15 heteroatoms. The first-order chi connectivity index (χ1) is 12.8. The molecule has 0 aliphatic carbocycles. The van der Waals surface area contributed by atoms with E-state index < -0.39 is 28.9 Å². The van der Waals surface area contributed by atoms with Crippen LogP contribution < -0.4 is 0 Å². The maximum absolute atomic E-state index is 11.4.